The highest BCUT2D eigenvalue weighted by molar-refractivity contribution is 5.65. The fourth-order valence-electron chi connectivity index (χ4n) is 2.52. The van der Waals surface area contributed by atoms with E-state index in [1.165, 1.54) is 0 Å². The molecule has 1 heterocycles. The maximum atomic E-state index is 14.3. The minimum absolute atomic E-state index is 0.199. The molecule has 0 radical (unpaired) electrons. The Kier molecular flexibility index (Phi) is 7.02. The zero-order valence-corrected chi connectivity index (χ0v) is 14.4. The molecule has 0 aliphatic rings. The summed E-state index contributed by atoms with van der Waals surface area (Å²) in [5.41, 5.74) is 1.78. The minimum Gasteiger partial charge on any atom is -0.393 e. The molecule has 2 nitrogen and oxygen atoms in total. The van der Waals surface area contributed by atoms with Gasteiger partial charge in [0, 0.05) is 17.3 Å². The van der Waals surface area contributed by atoms with Crippen molar-refractivity contribution < 1.29 is 13.9 Å². The SMILES string of the molecule is C=CCc1ccc(-c2ccc(C=CCCCC(C)O)nc2)c(F)c1F. The first kappa shape index (κ1) is 19.0. The summed E-state index contributed by atoms with van der Waals surface area (Å²) in [7, 11) is 0. The number of benzene rings is 1. The summed E-state index contributed by atoms with van der Waals surface area (Å²) in [5.74, 6) is -1.69. The molecule has 0 spiro atoms. The quantitative estimate of drug-likeness (QED) is 0.520. The number of hydrogen-bond acceptors (Lipinski definition) is 2. The van der Waals surface area contributed by atoms with Crippen molar-refractivity contribution >= 4 is 6.08 Å². The third-order valence-corrected chi connectivity index (χ3v) is 3.91. The number of rotatable bonds is 8. The van der Waals surface area contributed by atoms with Crippen molar-refractivity contribution in [1.29, 1.82) is 0 Å². The van der Waals surface area contributed by atoms with E-state index in [-0.39, 0.29) is 11.7 Å². The lowest BCUT2D eigenvalue weighted by Crippen LogP contribution is -1.97. The Balaban J connectivity index is 2.08. The van der Waals surface area contributed by atoms with E-state index in [1.54, 1.807) is 43.5 Å². The Morgan fingerprint density at radius 3 is 2.64 bits per heavy atom. The summed E-state index contributed by atoms with van der Waals surface area (Å²) in [4.78, 5) is 4.28. The zero-order chi connectivity index (χ0) is 18.2. The van der Waals surface area contributed by atoms with Crippen molar-refractivity contribution in [2.24, 2.45) is 0 Å². The number of halogens is 2. The normalized spacial score (nSPS) is 12.5. The molecule has 1 aromatic heterocycles. The van der Waals surface area contributed by atoms with Gasteiger partial charge in [0.05, 0.1) is 11.8 Å². The van der Waals surface area contributed by atoms with Gasteiger partial charge in [-0.25, -0.2) is 8.78 Å². The average Bonchev–Trinajstić information content (AvgIpc) is 2.59. The second-order valence-corrected chi connectivity index (χ2v) is 6.05. The van der Waals surface area contributed by atoms with Crippen molar-refractivity contribution in [3.8, 4) is 11.1 Å². The molecular weight excluding hydrogens is 320 g/mol. The monoisotopic (exact) mass is 343 g/mol. The van der Waals surface area contributed by atoms with E-state index in [0.29, 0.717) is 17.5 Å². The van der Waals surface area contributed by atoms with E-state index in [9.17, 15) is 13.9 Å². The van der Waals surface area contributed by atoms with E-state index >= 15 is 0 Å². The first-order valence-corrected chi connectivity index (χ1v) is 8.41. The van der Waals surface area contributed by atoms with Gasteiger partial charge in [-0.15, -0.1) is 6.58 Å². The molecule has 1 N–H and O–H groups in total. The van der Waals surface area contributed by atoms with Gasteiger partial charge in [0.25, 0.3) is 0 Å². The van der Waals surface area contributed by atoms with Gasteiger partial charge >= 0.3 is 0 Å². The molecule has 1 aromatic carbocycles. The number of aliphatic hydroxyl groups excluding tert-OH is 1. The van der Waals surface area contributed by atoms with Crippen LogP contribution in [0.15, 0.2) is 49.2 Å². The minimum atomic E-state index is -0.859. The predicted molar refractivity (Wildman–Crippen MR) is 98.1 cm³/mol. The smallest absolute Gasteiger partial charge is 0.166 e. The molecule has 2 aromatic rings. The van der Waals surface area contributed by atoms with Gasteiger partial charge in [-0.2, -0.15) is 0 Å². The molecule has 0 fully saturated rings. The third-order valence-electron chi connectivity index (χ3n) is 3.91. The van der Waals surface area contributed by atoms with Crippen molar-refractivity contribution in [1.82, 2.24) is 4.98 Å². The Morgan fingerprint density at radius 2 is 2.00 bits per heavy atom. The molecule has 0 aliphatic heterocycles. The lowest BCUT2D eigenvalue weighted by molar-refractivity contribution is 0.182. The van der Waals surface area contributed by atoms with E-state index in [2.05, 4.69) is 11.6 Å². The van der Waals surface area contributed by atoms with Crippen LogP contribution >= 0.6 is 0 Å². The molecule has 4 heteroatoms. The molecule has 0 saturated heterocycles. The van der Waals surface area contributed by atoms with Crippen LogP contribution in [0.4, 0.5) is 8.78 Å². The van der Waals surface area contributed by atoms with Crippen molar-refractivity contribution in [3.05, 3.63) is 72.1 Å². The van der Waals surface area contributed by atoms with Gasteiger partial charge in [0.1, 0.15) is 0 Å². The second-order valence-electron chi connectivity index (χ2n) is 6.05. The largest absolute Gasteiger partial charge is 0.393 e. The number of aliphatic hydroxyl groups is 1. The van der Waals surface area contributed by atoms with Gasteiger partial charge in [-0.1, -0.05) is 30.4 Å². The van der Waals surface area contributed by atoms with Crippen molar-refractivity contribution in [2.45, 2.75) is 38.7 Å². The van der Waals surface area contributed by atoms with Crippen LogP contribution in [-0.4, -0.2) is 16.2 Å². The number of aromatic nitrogens is 1. The summed E-state index contributed by atoms with van der Waals surface area (Å²) in [5, 5.41) is 9.20. The fraction of sp³-hybridized carbons (Fsp3) is 0.286. The average molecular weight is 343 g/mol. The van der Waals surface area contributed by atoms with Crippen LogP contribution < -0.4 is 0 Å². The number of unbranched alkanes of at least 4 members (excludes halogenated alkanes) is 1. The van der Waals surface area contributed by atoms with Crippen LogP contribution in [-0.2, 0) is 6.42 Å². The topological polar surface area (TPSA) is 33.1 Å². The maximum Gasteiger partial charge on any atom is 0.166 e. The van der Waals surface area contributed by atoms with Crippen LogP contribution in [0, 0.1) is 11.6 Å². The van der Waals surface area contributed by atoms with Crippen LogP contribution in [0.5, 0.6) is 0 Å². The van der Waals surface area contributed by atoms with Gasteiger partial charge in [-0.05, 0) is 50.3 Å². The van der Waals surface area contributed by atoms with Crippen LogP contribution in [0.1, 0.15) is 37.4 Å². The van der Waals surface area contributed by atoms with E-state index < -0.39 is 11.6 Å². The zero-order valence-electron chi connectivity index (χ0n) is 14.4. The Bertz CT molecular complexity index is 736. The van der Waals surface area contributed by atoms with Crippen LogP contribution in [0.3, 0.4) is 0 Å². The molecule has 2 rings (SSSR count). The van der Waals surface area contributed by atoms with E-state index in [4.69, 9.17) is 0 Å². The fourth-order valence-corrected chi connectivity index (χ4v) is 2.52. The van der Waals surface area contributed by atoms with E-state index in [0.717, 1.165) is 25.0 Å². The van der Waals surface area contributed by atoms with Crippen molar-refractivity contribution in [3.63, 3.8) is 0 Å². The highest BCUT2D eigenvalue weighted by atomic mass is 19.2. The Labute approximate surface area is 147 Å². The lowest BCUT2D eigenvalue weighted by atomic mass is 10.0. The molecule has 25 heavy (non-hydrogen) atoms. The predicted octanol–water partition coefficient (Wildman–Crippen LogP) is 5.32. The summed E-state index contributed by atoms with van der Waals surface area (Å²) < 4.78 is 28.3. The first-order chi connectivity index (χ1) is 12.0. The Morgan fingerprint density at radius 1 is 1.20 bits per heavy atom. The number of pyridine rings is 1. The molecule has 1 unspecified atom stereocenters. The molecule has 1 atom stereocenters. The van der Waals surface area contributed by atoms with Gasteiger partial charge in [0.2, 0.25) is 0 Å². The number of hydrogen-bond donors (Lipinski definition) is 1. The Hall–Kier alpha value is -2.33. The summed E-state index contributed by atoms with van der Waals surface area (Å²) in [6.45, 7) is 5.32. The maximum absolute atomic E-state index is 14.3. The second kappa shape index (κ2) is 9.23. The lowest BCUT2D eigenvalue weighted by Gasteiger charge is -2.07. The molecule has 0 aliphatic carbocycles. The standard InChI is InChI=1S/C21H23F2NO/c1-3-7-16-11-13-19(21(23)20(16)22)17-10-12-18(24-14-17)9-6-4-5-8-15(2)25/h3,6,9-15,25H,1,4-5,7-8H2,2H3. The summed E-state index contributed by atoms with van der Waals surface area (Å²) >= 11 is 0. The number of nitrogens with zero attached hydrogens (tertiary/aromatic N) is 1. The van der Waals surface area contributed by atoms with E-state index in [1.807, 2.05) is 12.2 Å². The molecule has 0 saturated carbocycles. The van der Waals surface area contributed by atoms with Crippen molar-refractivity contribution in [2.75, 3.05) is 0 Å². The highest BCUT2D eigenvalue weighted by Gasteiger charge is 2.14. The summed E-state index contributed by atoms with van der Waals surface area (Å²) in [6, 6.07) is 6.65. The van der Waals surface area contributed by atoms with Gasteiger partial charge in [0.15, 0.2) is 11.6 Å². The number of allylic oxidation sites excluding steroid dienone is 2. The first-order valence-electron chi connectivity index (χ1n) is 8.41. The van der Waals surface area contributed by atoms with Crippen LogP contribution in [0.25, 0.3) is 17.2 Å². The van der Waals surface area contributed by atoms with Crippen LogP contribution in [0.2, 0.25) is 0 Å². The third kappa shape index (κ3) is 5.33. The molecule has 132 valence electrons. The highest BCUT2D eigenvalue weighted by Crippen LogP contribution is 2.26. The van der Waals surface area contributed by atoms with Gasteiger partial charge < -0.3 is 5.11 Å². The molecule has 0 amide bonds. The molecular formula is C21H23F2NO. The molecule has 0 bridgehead atoms. The summed E-state index contributed by atoms with van der Waals surface area (Å²) in [6.07, 6.45) is 9.52. The van der Waals surface area contributed by atoms with Gasteiger partial charge in [-0.3, -0.25) is 4.98 Å².